The molecule has 1 amide bonds. The fourth-order valence-corrected chi connectivity index (χ4v) is 2.32. The molecule has 0 atom stereocenters. The molecule has 0 radical (unpaired) electrons. The van der Waals surface area contributed by atoms with E-state index in [0.29, 0.717) is 5.56 Å². The van der Waals surface area contributed by atoms with Crippen molar-refractivity contribution in [3.05, 3.63) is 64.1 Å². The number of rotatable bonds is 5. The average Bonchev–Trinajstić information content (AvgIpc) is 2.45. The van der Waals surface area contributed by atoms with Gasteiger partial charge in [0.1, 0.15) is 0 Å². The Morgan fingerprint density at radius 3 is 2.70 bits per heavy atom. The van der Waals surface area contributed by atoms with Crippen molar-refractivity contribution >= 4 is 27.5 Å². The molecule has 104 valence electrons. The number of aliphatic hydroxyl groups is 1. The molecule has 0 bridgehead atoms. The van der Waals surface area contributed by atoms with Gasteiger partial charge in [0, 0.05) is 22.3 Å². The first kappa shape index (κ1) is 14.8. The van der Waals surface area contributed by atoms with Crippen molar-refractivity contribution in [3.8, 4) is 0 Å². The lowest BCUT2D eigenvalue weighted by atomic mass is 10.1. The Bertz CT molecular complexity index is 599. The van der Waals surface area contributed by atoms with Crippen LogP contribution in [0, 0.1) is 0 Å². The quantitative estimate of drug-likeness (QED) is 0.877. The van der Waals surface area contributed by atoms with Crippen LogP contribution in [0.1, 0.15) is 22.3 Å². The summed E-state index contributed by atoms with van der Waals surface area (Å²) in [4.78, 5) is 12.1. The first-order valence-electron chi connectivity index (χ1n) is 6.46. The van der Waals surface area contributed by atoms with Crippen LogP contribution in [0.5, 0.6) is 0 Å². The Morgan fingerprint density at radius 2 is 1.95 bits per heavy atom. The van der Waals surface area contributed by atoms with Crippen molar-refractivity contribution in [1.29, 1.82) is 0 Å². The molecule has 0 aliphatic rings. The zero-order valence-corrected chi connectivity index (χ0v) is 12.6. The van der Waals surface area contributed by atoms with Crippen LogP contribution in [0.4, 0.5) is 5.69 Å². The van der Waals surface area contributed by atoms with Crippen LogP contribution in [-0.4, -0.2) is 17.6 Å². The van der Waals surface area contributed by atoms with Gasteiger partial charge in [0.15, 0.2) is 0 Å². The van der Waals surface area contributed by atoms with E-state index in [2.05, 4.69) is 21.2 Å². The third kappa shape index (κ3) is 4.18. The number of amides is 1. The van der Waals surface area contributed by atoms with Gasteiger partial charge in [-0.1, -0.05) is 34.1 Å². The van der Waals surface area contributed by atoms with E-state index in [4.69, 9.17) is 5.11 Å². The van der Waals surface area contributed by atoms with Gasteiger partial charge in [-0.25, -0.2) is 0 Å². The molecule has 0 aromatic heterocycles. The smallest absolute Gasteiger partial charge is 0.255 e. The van der Waals surface area contributed by atoms with Crippen LogP contribution in [0.2, 0.25) is 0 Å². The van der Waals surface area contributed by atoms with E-state index >= 15 is 0 Å². The van der Waals surface area contributed by atoms with Gasteiger partial charge >= 0.3 is 0 Å². The molecule has 2 aromatic carbocycles. The summed E-state index contributed by atoms with van der Waals surface area (Å²) in [6, 6.07) is 15.0. The second kappa shape index (κ2) is 7.22. The van der Waals surface area contributed by atoms with E-state index < -0.39 is 0 Å². The molecule has 0 saturated heterocycles. The predicted molar refractivity (Wildman–Crippen MR) is 83.9 cm³/mol. The molecule has 2 N–H and O–H groups in total. The minimum Gasteiger partial charge on any atom is -0.396 e. The maximum Gasteiger partial charge on any atom is 0.255 e. The molecule has 2 aromatic rings. The van der Waals surface area contributed by atoms with Crippen molar-refractivity contribution in [1.82, 2.24) is 0 Å². The van der Waals surface area contributed by atoms with Gasteiger partial charge in [0.2, 0.25) is 0 Å². The summed E-state index contributed by atoms with van der Waals surface area (Å²) in [5.74, 6) is -0.134. The first-order valence-corrected chi connectivity index (χ1v) is 7.25. The Hall–Kier alpha value is -1.65. The molecule has 3 nitrogen and oxygen atoms in total. The number of nitrogens with one attached hydrogen (secondary N) is 1. The molecule has 2 rings (SSSR count). The number of halogens is 1. The number of hydrogen-bond donors (Lipinski definition) is 2. The number of carbonyl (C=O) groups excluding carboxylic acids is 1. The Labute approximate surface area is 126 Å². The van der Waals surface area contributed by atoms with Crippen LogP contribution in [-0.2, 0) is 6.42 Å². The summed E-state index contributed by atoms with van der Waals surface area (Å²) >= 11 is 3.35. The molecule has 0 aliphatic heterocycles. The molecule has 0 fully saturated rings. The summed E-state index contributed by atoms with van der Waals surface area (Å²) in [6.45, 7) is 0.175. The van der Waals surface area contributed by atoms with Gasteiger partial charge in [0.25, 0.3) is 5.91 Å². The standard InChI is InChI=1S/C16H16BrNO2/c17-14-7-2-6-13(11-14)16(20)18-15-8-1-4-12(10-15)5-3-9-19/h1-2,4,6-8,10-11,19H,3,5,9H2,(H,18,20). The number of aliphatic hydroxyl groups excluding tert-OH is 1. The van der Waals surface area contributed by atoms with Crippen molar-refractivity contribution < 1.29 is 9.90 Å². The highest BCUT2D eigenvalue weighted by Gasteiger charge is 2.06. The highest BCUT2D eigenvalue weighted by molar-refractivity contribution is 9.10. The highest BCUT2D eigenvalue weighted by atomic mass is 79.9. The van der Waals surface area contributed by atoms with E-state index in [1.807, 2.05) is 36.4 Å². The third-order valence-corrected chi connectivity index (χ3v) is 3.39. The molecular weight excluding hydrogens is 318 g/mol. The molecule has 0 spiro atoms. The Balaban J connectivity index is 2.07. The number of benzene rings is 2. The number of anilines is 1. The highest BCUT2D eigenvalue weighted by Crippen LogP contribution is 2.16. The largest absolute Gasteiger partial charge is 0.396 e. The van der Waals surface area contributed by atoms with Crippen molar-refractivity contribution in [2.75, 3.05) is 11.9 Å². The molecule has 0 saturated carbocycles. The zero-order valence-electron chi connectivity index (χ0n) is 11.0. The van der Waals surface area contributed by atoms with Gasteiger partial charge in [-0.05, 0) is 48.7 Å². The van der Waals surface area contributed by atoms with Gasteiger partial charge < -0.3 is 10.4 Å². The first-order chi connectivity index (χ1) is 9.69. The summed E-state index contributed by atoms with van der Waals surface area (Å²) in [7, 11) is 0. The molecule has 0 unspecified atom stereocenters. The minimum atomic E-state index is -0.134. The van der Waals surface area contributed by atoms with E-state index in [9.17, 15) is 4.79 Å². The lowest BCUT2D eigenvalue weighted by Crippen LogP contribution is -2.11. The zero-order chi connectivity index (χ0) is 14.4. The van der Waals surface area contributed by atoms with Crippen LogP contribution >= 0.6 is 15.9 Å². The number of aryl methyl sites for hydroxylation is 1. The summed E-state index contributed by atoms with van der Waals surface area (Å²) < 4.78 is 0.877. The Kier molecular flexibility index (Phi) is 5.32. The maximum absolute atomic E-state index is 12.1. The fraction of sp³-hybridized carbons (Fsp3) is 0.188. The SMILES string of the molecule is O=C(Nc1cccc(CCCO)c1)c1cccc(Br)c1. The lowest BCUT2D eigenvalue weighted by Gasteiger charge is -2.07. The van der Waals surface area contributed by atoms with E-state index in [0.717, 1.165) is 28.6 Å². The van der Waals surface area contributed by atoms with Crippen LogP contribution in [0.25, 0.3) is 0 Å². The third-order valence-electron chi connectivity index (χ3n) is 2.90. The molecule has 20 heavy (non-hydrogen) atoms. The molecule has 0 heterocycles. The van der Waals surface area contributed by atoms with Crippen molar-refractivity contribution in [2.24, 2.45) is 0 Å². The summed E-state index contributed by atoms with van der Waals surface area (Å²) in [5.41, 5.74) is 2.48. The van der Waals surface area contributed by atoms with Gasteiger partial charge in [0.05, 0.1) is 0 Å². The van der Waals surface area contributed by atoms with Crippen LogP contribution in [0.15, 0.2) is 53.0 Å². The fourth-order valence-electron chi connectivity index (χ4n) is 1.92. The van der Waals surface area contributed by atoms with Gasteiger partial charge in [-0.3, -0.25) is 4.79 Å². The second-order valence-corrected chi connectivity index (χ2v) is 5.41. The van der Waals surface area contributed by atoms with Crippen LogP contribution < -0.4 is 5.32 Å². The second-order valence-electron chi connectivity index (χ2n) is 4.49. The molecule has 0 aliphatic carbocycles. The number of carbonyl (C=O) groups is 1. The van der Waals surface area contributed by atoms with Gasteiger partial charge in [-0.15, -0.1) is 0 Å². The predicted octanol–water partition coefficient (Wildman–Crippen LogP) is 3.63. The van der Waals surface area contributed by atoms with Crippen molar-refractivity contribution in [3.63, 3.8) is 0 Å². The maximum atomic E-state index is 12.1. The van der Waals surface area contributed by atoms with Crippen LogP contribution in [0.3, 0.4) is 0 Å². The topological polar surface area (TPSA) is 49.3 Å². The van der Waals surface area contributed by atoms with E-state index in [1.54, 1.807) is 12.1 Å². The number of hydrogen-bond acceptors (Lipinski definition) is 2. The monoisotopic (exact) mass is 333 g/mol. The summed E-state index contributed by atoms with van der Waals surface area (Å²) in [6.07, 6.45) is 1.53. The lowest BCUT2D eigenvalue weighted by molar-refractivity contribution is 0.102. The normalized spacial score (nSPS) is 10.3. The minimum absolute atomic E-state index is 0.134. The van der Waals surface area contributed by atoms with E-state index in [-0.39, 0.29) is 12.5 Å². The van der Waals surface area contributed by atoms with Crippen molar-refractivity contribution in [2.45, 2.75) is 12.8 Å². The van der Waals surface area contributed by atoms with E-state index in [1.165, 1.54) is 0 Å². The van der Waals surface area contributed by atoms with Gasteiger partial charge in [-0.2, -0.15) is 0 Å². The average molecular weight is 334 g/mol. The molecular formula is C16H16BrNO2. The summed E-state index contributed by atoms with van der Waals surface area (Å²) in [5, 5.41) is 11.7. The Morgan fingerprint density at radius 1 is 1.15 bits per heavy atom. The molecule has 4 heteroatoms.